The summed E-state index contributed by atoms with van der Waals surface area (Å²) in [4.78, 5) is 0. The van der Waals surface area contributed by atoms with Gasteiger partial charge >= 0.3 is 0 Å². The summed E-state index contributed by atoms with van der Waals surface area (Å²) in [5.41, 5.74) is 6.33. The van der Waals surface area contributed by atoms with Crippen LogP contribution in [0.15, 0.2) is 24.3 Å². The lowest BCUT2D eigenvalue weighted by atomic mass is 9.78. The molecule has 0 fully saturated rings. The van der Waals surface area contributed by atoms with Crippen molar-refractivity contribution in [3.8, 4) is 0 Å². The third-order valence-electron chi connectivity index (χ3n) is 3.02. The van der Waals surface area contributed by atoms with Crippen LogP contribution in [-0.2, 0) is 6.42 Å². The average Bonchev–Trinajstić information content (AvgIpc) is 2.28. The zero-order chi connectivity index (χ0) is 12.0. The Morgan fingerprint density at radius 2 is 2.19 bits per heavy atom. The average molecular weight is 225 g/mol. The van der Waals surface area contributed by atoms with Crippen LogP contribution in [0.4, 0.5) is 4.39 Å². The van der Waals surface area contributed by atoms with Gasteiger partial charge in [-0.1, -0.05) is 25.5 Å². The van der Waals surface area contributed by atoms with Gasteiger partial charge in [-0.3, -0.25) is 0 Å². The minimum Gasteiger partial charge on any atom is -0.396 e. The fourth-order valence-electron chi connectivity index (χ4n) is 2.07. The fourth-order valence-corrected chi connectivity index (χ4v) is 2.07. The largest absolute Gasteiger partial charge is 0.396 e. The zero-order valence-electron chi connectivity index (χ0n) is 9.75. The SMILES string of the molecule is CCCC(CN)(CO)Cc1cccc(F)c1. The van der Waals surface area contributed by atoms with Gasteiger partial charge in [0.25, 0.3) is 0 Å². The summed E-state index contributed by atoms with van der Waals surface area (Å²) in [7, 11) is 0. The van der Waals surface area contributed by atoms with Crippen molar-refractivity contribution in [3.05, 3.63) is 35.6 Å². The van der Waals surface area contributed by atoms with Crippen LogP contribution >= 0.6 is 0 Å². The Morgan fingerprint density at radius 3 is 2.69 bits per heavy atom. The number of aliphatic hydroxyl groups is 1. The van der Waals surface area contributed by atoms with E-state index in [4.69, 9.17) is 5.73 Å². The Morgan fingerprint density at radius 1 is 1.44 bits per heavy atom. The maximum atomic E-state index is 13.0. The van der Waals surface area contributed by atoms with Gasteiger partial charge in [-0.25, -0.2) is 4.39 Å². The molecule has 0 spiro atoms. The molecule has 0 aliphatic rings. The van der Waals surface area contributed by atoms with Gasteiger partial charge in [0.05, 0.1) is 6.61 Å². The molecule has 90 valence electrons. The summed E-state index contributed by atoms with van der Waals surface area (Å²) in [6.45, 7) is 2.54. The first-order chi connectivity index (χ1) is 7.65. The Bertz CT molecular complexity index is 323. The van der Waals surface area contributed by atoms with E-state index < -0.39 is 0 Å². The minimum atomic E-state index is -0.303. The Kier molecular flexibility index (Phi) is 4.90. The number of nitrogens with two attached hydrogens (primary N) is 1. The third kappa shape index (κ3) is 3.29. The summed E-state index contributed by atoms with van der Waals surface area (Å²) in [5, 5.41) is 9.46. The topological polar surface area (TPSA) is 46.2 Å². The molecule has 0 heterocycles. The molecule has 3 N–H and O–H groups in total. The molecule has 0 aliphatic carbocycles. The predicted octanol–water partition coefficient (Wildman–Crippen LogP) is 2.11. The van der Waals surface area contributed by atoms with Crippen molar-refractivity contribution in [2.45, 2.75) is 26.2 Å². The maximum Gasteiger partial charge on any atom is 0.123 e. The molecule has 2 nitrogen and oxygen atoms in total. The van der Waals surface area contributed by atoms with Gasteiger partial charge in [-0.15, -0.1) is 0 Å². The second-order valence-electron chi connectivity index (χ2n) is 4.42. The Hall–Kier alpha value is -0.930. The van der Waals surface area contributed by atoms with Crippen LogP contribution in [0.3, 0.4) is 0 Å². The van der Waals surface area contributed by atoms with Gasteiger partial charge in [0.2, 0.25) is 0 Å². The van der Waals surface area contributed by atoms with Crippen LogP contribution in [0.1, 0.15) is 25.3 Å². The highest BCUT2D eigenvalue weighted by Crippen LogP contribution is 2.27. The molecule has 1 aromatic carbocycles. The van der Waals surface area contributed by atoms with Crippen LogP contribution in [-0.4, -0.2) is 18.3 Å². The van der Waals surface area contributed by atoms with Gasteiger partial charge in [-0.2, -0.15) is 0 Å². The molecule has 0 saturated heterocycles. The van der Waals surface area contributed by atoms with E-state index in [0.717, 1.165) is 18.4 Å². The van der Waals surface area contributed by atoms with Crippen LogP contribution in [0, 0.1) is 11.2 Å². The number of halogens is 1. The van der Waals surface area contributed by atoms with Crippen LogP contribution < -0.4 is 5.73 Å². The van der Waals surface area contributed by atoms with E-state index in [0.29, 0.717) is 13.0 Å². The summed E-state index contributed by atoms with van der Waals surface area (Å²) < 4.78 is 13.0. The van der Waals surface area contributed by atoms with E-state index >= 15 is 0 Å². The van der Waals surface area contributed by atoms with Gasteiger partial charge in [0, 0.05) is 12.0 Å². The Balaban J connectivity index is 2.82. The second-order valence-corrected chi connectivity index (χ2v) is 4.42. The molecule has 0 aliphatic heterocycles. The molecule has 1 atom stereocenters. The lowest BCUT2D eigenvalue weighted by Crippen LogP contribution is -2.36. The highest BCUT2D eigenvalue weighted by molar-refractivity contribution is 5.18. The van der Waals surface area contributed by atoms with E-state index in [1.165, 1.54) is 12.1 Å². The minimum absolute atomic E-state index is 0.0495. The summed E-state index contributed by atoms with van der Waals surface area (Å²) in [5.74, 6) is -0.238. The number of hydrogen-bond donors (Lipinski definition) is 2. The maximum absolute atomic E-state index is 13.0. The van der Waals surface area contributed by atoms with E-state index in [2.05, 4.69) is 6.92 Å². The smallest absolute Gasteiger partial charge is 0.123 e. The molecular formula is C13H20FNO. The zero-order valence-corrected chi connectivity index (χ0v) is 9.75. The first-order valence-corrected chi connectivity index (χ1v) is 5.71. The van der Waals surface area contributed by atoms with Crippen molar-refractivity contribution in [2.24, 2.45) is 11.1 Å². The predicted molar refractivity (Wildman–Crippen MR) is 63.6 cm³/mol. The van der Waals surface area contributed by atoms with Crippen LogP contribution in [0.5, 0.6) is 0 Å². The lowest BCUT2D eigenvalue weighted by molar-refractivity contribution is 0.121. The van der Waals surface area contributed by atoms with Gasteiger partial charge in [-0.05, 0) is 30.5 Å². The second kappa shape index (κ2) is 5.97. The number of benzene rings is 1. The molecular weight excluding hydrogens is 205 g/mol. The van der Waals surface area contributed by atoms with Crippen LogP contribution in [0.25, 0.3) is 0 Å². The molecule has 0 saturated carbocycles. The van der Waals surface area contributed by atoms with Crippen molar-refractivity contribution in [2.75, 3.05) is 13.2 Å². The first kappa shape index (κ1) is 13.1. The number of hydrogen-bond acceptors (Lipinski definition) is 2. The monoisotopic (exact) mass is 225 g/mol. The fraction of sp³-hybridized carbons (Fsp3) is 0.538. The normalized spacial score (nSPS) is 14.8. The Labute approximate surface area is 96.3 Å². The molecule has 1 unspecified atom stereocenters. The lowest BCUT2D eigenvalue weighted by Gasteiger charge is -2.30. The summed E-state index contributed by atoms with van der Waals surface area (Å²) in [6, 6.07) is 6.50. The number of rotatable bonds is 6. The molecule has 0 bridgehead atoms. The molecule has 16 heavy (non-hydrogen) atoms. The number of aliphatic hydroxyl groups excluding tert-OH is 1. The molecule has 3 heteroatoms. The first-order valence-electron chi connectivity index (χ1n) is 5.71. The summed E-state index contributed by atoms with van der Waals surface area (Å²) >= 11 is 0. The van der Waals surface area contributed by atoms with Gasteiger partial charge in [0.15, 0.2) is 0 Å². The van der Waals surface area contributed by atoms with Crippen molar-refractivity contribution < 1.29 is 9.50 Å². The van der Waals surface area contributed by atoms with Crippen molar-refractivity contribution >= 4 is 0 Å². The highest BCUT2D eigenvalue weighted by atomic mass is 19.1. The van der Waals surface area contributed by atoms with Crippen LogP contribution in [0.2, 0.25) is 0 Å². The van der Waals surface area contributed by atoms with Crippen molar-refractivity contribution in [3.63, 3.8) is 0 Å². The molecule has 0 amide bonds. The van der Waals surface area contributed by atoms with Crippen molar-refractivity contribution in [1.29, 1.82) is 0 Å². The molecule has 0 aromatic heterocycles. The van der Waals surface area contributed by atoms with E-state index in [9.17, 15) is 9.50 Å². The quantitative estimate of drug-likeness (QED) is 0.779. The molecule has 1 aromatic rings. The van der Waals surface area contributed by atoms with E-state index in [1.807, 2.05) is 6.07 Å². The third-order valence-corrected chi connectivity index (χ3v) is 3.02. The van der Waals surface area contributed by atoms with Gasteiger partial charge < -0.3 is 10.8 Å². The standard InChI is InChI=1S/C13H20FNO/c1-2-6-13(9-15,10-16)8-11-4-3-5-12(14)7-11/h3-5,7,16H,2,6,8-10,15H2,1H3. The van der Waals surface area contributed by atoms with Crippen molar-refractivity contribution in [1.82, 2.24) is 0 Å². The molecule has 0 radical (unpaired) electrons. The highest BCUT2D eigenvalue weighted by Gasteiger charge is 2.27. The van der Waals surface area contributed by atoms with E-state index in [1.54, 1.807) is 6.07 Å². The summed E-state index contributed by atoms with van der Waals surface area (Å²) in [6.07, 6.45) is 2.45. The molecule has 1 rings (SSSR count). The van der Waals surface area contributed by atoms with Gasteiger partial charge in [0.1, 0.15) is 5.82 Å². The van der Waals surface area contributed by atoms with E-state index in [-0.39, 0.29) is 17.8 Å².